The molecule has 2 aliphatic rings. The van der Waals surface area contributed by atoms with Gasteiger partial charge >= 0.3 is 0 Å². The summed E-state index contributed by atoms with van der Waals surface area (Å²) in [6, 6.07) is 18.6. The number of likely N-dealkylation sites (tertiary alicyclic amines) is 2. The Hall–Kier alpha value is -1.97. The van der Waals surface area contributed by atoms with Gasteiger partial charge in [0.15, 0.2) is 5.78 Å². The Bertz CT molecular complexity index is 789. The molecule has 2 saturated heterocycles. The molecule has 0 bridgehead atoms. The summed E-state index contributed by atoms with van der Waals surface area (Å²) in [5, 5.41) is 0. The van der Waals surface area contributed by atoms with Crippen LogP contribution in [0.2, 0.25) is 0 Å². The van der Waals surface area contributed by atoms with Crippen LogP contribution in [-0.4, -0.2) is 54.3 Å². The number of hydrogen-bond donors (Lipinski definition) is 0. The fourth-order valence-electron chi connectivity index (χ4n) is 4.99. The van der Waals surface area contributed by atoms with Gasteiger partial charge in [0, 0.05) is 23.7 Å². The van der Waals surface area contributed by atoms with Crippen LogP contribution in [0.4, 0.5) is 0 Å². The monoisotopic (exact) mass is 390 g/mol. The lowest BCUT2D eigenvalue weighted by atomic mass is 9.94. The lowest BCUT2D eigenvalue weighted by Gasteiger charge is -2.40. The number of benzene rings is 2. The molecule has 29 heavy (non-hydrogen) atoms. The molecule has 0 spiro atoms. The van der Waals surface area contributed by atoms with Crippen molar-refractivity contribution in [2.45, 2.75) is 51.0 Å². The quantitative estimate of drug-likeness (QED) is 0.651. The molecule has 0 aromatic heterocycles. The third kappa shape index (κ3) is 5.15. The first-order valence-corrected chi connectivity index (χ1v) is 11.4. The average molecular weight is 391 g/mol. The number of hydrogen-bond acceptors (Lipinski definition) is 3. The Balaban J connectivity index is 1.33. The van der Waals surface area contributed by atoms with Gasteiger partial charge in [0.2, 0.25) is 0 Å². The number of nitrogens with zero attached hydrogens (tertiary/aromatic N) is 2. The maximum atomic E-state index is 12.8. The number of carbonyl (C=O) groups excluding carboxylic acids is 1. The highest BCUT2D eigenvalue weighted by molar-refractivity contribution is 6.09. The molecule has 0 aliphatic carbocycles. The Morgan fingerprint density at radius 1 is 0.897 bits per heavy atom. The minimum atomic E-state index is 0.113. The van der Waals surface area contributed by atoms with Crippen molar-refractivity contribution in [1.29, 1.82) is 0 Å². The molecule has 2 fully saturated rings. The van der Waals surface area contributed by atoms with Crippen molar-refractivity contribution in [1.82, 2.24) is 9.80 Å². The topological polar surface area (TPSA) is 23.6 Å². The fourth-order valence-corrected chi connectivity index (χ4v) is 4.99. The first-order chi connectivity index (χ1) is 14.2. The lowest BCUT2D eigenvalue weighted by Crippen LogP contribution is -2.47. The second-order valence-corrected chi connectivity index (χ2v) is 8.85. The van der Waals surface area contributed by atoms with E-state index >= 15 is 0 Å². The van der Waals surface area contributed by atoms with Crippen molar-refractivity contribution < 1.29 is 4.79 Å². The van der Waals surface area contributed by atoms with Crippen LogP contribution in [0.15, 0.2) is 54.6 Å². The van der Waals surface area contributed by atoms with Crippen LogP contribution in [0.25, 0.3) is 0 Å². The molecule has 4 rings (SSSR count). The van der Waals surface area contributed by atoms with Crippen molar-refractivity contribution in [3.63, 3.8) is 0 Å². The van der Waals surface area contributed by atoms with E-state index in [-0.39, 0.29) is 5.78 Å². The maximum absolute atomic E-state index is 12.8. The Morgan fingerprint density at radius 2 is 1.59 bits per heavy atom. The highest BCUT2D eigenvalue weighted by Crippen LogP contribution is 2.24. The van der Waals surface area contributed by atoms with Crippen molar-refractivity contribution in [2.24, 2.45) is 0 Å². The van der Waals surface area contributed by atoms with Crippen LogP contribution in [-0.2, 0) is 0 Å². The van der Waals surface area contributed by atoms with E-state index in [1.165, 1.54) is 63.8 Å². The summed E-state index contributed by atoms with van der Waals surface area (Å²) >= 11 is 0. The number of rotatable bonds is 6. The van der Waals surface area contributed by atoms with Gasteiger partial charge in [-0.2, -0.15) is 0 Å². The molecule has 0 saturated carbocycles. The highest BCUT2D eigenvalue weighted by atomic mass is 16.1. The van der Waals surface area contributed by atoms with Crippen molar-refractivity contribution in [3.8, 4) is 0 Å². The lowest BCUT2D eigenvalue weighted by molar-refractivity contribution is 0.0905. The molecule has 154 valence electrons. The van der Waals surface area contributed by atoms with Crippen molar-refractivity contribution >= 4 is 5.78 Å². The summed E-state index contributed by atoms with van der Waals surface area (Å²) < 4.78 is 0. The van der Waals surface area contributed by atoms with Crippen LogP contribution >= 0.6 is 0 Å². The van der Waals surface area contributed by atoms with Gasteiger partial charge in [-0.1, -0.05) is 61.9 Å². The van der Waals surface area contributed by atoms with Gasteiger partial charge in [-0.25, -0.2) is 0 Å². The van der Waals surface area contributed by atoms with Crippen LogP contribution in [0.3, 0.4) is 0 Å². The first-order valence-electron chi connectivity index (χ1n) is 11.4. The minimum absolute atomic E-state index is 0.113. The van der Waals surface area contributed by atoms with E-state index in [4.69, 9.17) is 0 Å². The van der Waals surface area contributed by atoms with Crippen LogP contribution < -0.4 is 0 Å². The molecular weight excluding hydrogens is 356 g/mol. The molecule has 2 heterocycles. The first kappa shape index (κ1) is 20.3. The molecule has 1 unspecified atom stereocenters. The molecule has 3 nitrogen and oxygen atoms in total. The predicted octanol–water partition coefficient (Wildman–Crippen LogP) is 4.97. The van der Waals surface area contributed by atoms with E-state index in [0.29, 0.717) is 5.92 Å². The van der Waals surface area contributed by atoms with Gasteiger partial charge in [0.25, 0.3) is 0 Å². The van der Waals surface area contributed by atoms with Gasteiger partial charge in [-0.15, -0.1) is 0 Å². The second kappa shape index (κ2) is 9.69. The third-order valence-corrected chi connectivity index (χ3v) is 6.75. The molecule has 2 aromatic rings. The number of ketones is 1. The summed E-state index contributed by atoms with van der Waals surface area (Å²) in [5.74, 6) is 0.548. The van der Waals surface area contributed by atoms with Gasteiger partial charge in [-0.05, 0) is 69.4 Å². The number of carbonyl (C=O) groups is 1. The normalized spacial score (nSPS) is 20.4. The highest BCUT2D eigenvalue weighted by Gasteiger charge is 2.26. The zero-order valence-corrected chi connectivity index (χ0v) is 17.7. The van der Waals surface area contributed by atoms with Crippen LogP contribution in [0.1, 0.15) is 66.4 Å². The molecule has 2 aromatic carbocycles. The molecule has 0 amide bonds. The zero-order valence-electron chi connectivity index (χ0n) is 17.7. The van der Waals surface area contributed by atoms with E-state index in [0.717, 1.165) is 23.7 Å². The van der Waals surface area contributed by atoms with Gasteiger partial charge in [0.1, 0.15) is 0 Å². The molecule has 3 heteroatoms. The Morgan fingerprint density at radius 3 is 2.31 bits per heavy atom. The smallest absolute Gasteiger partial charge is 0.193 e. The summed E-state index contributed by atoms with van der Waals surface area (Å²) in [7, 11) is 0. The molecule has 1 atom stereocenters. The predicted molar refractivity (Wildman–Crippen MR) is 120 cm³/mol. The van der Waals surface area contributed by atoms with Gasteiger partial charge < -0.3 is 9.80 Å². The second-order valence-electron chi connectivity index (χ2n) is 8.85. The Labute approximate surface area is 175 Å². The van der Waals surface area contributed by atoms with E-state index in [9.17, 15) is 4.79 Å². The standard InChI is InChI=1S/C26H34N2O/c1-21(20-27-17-13-25(14-18-27)28-15-6-3-7-16-28)23-11-8-12-24(19-23)26(29)22-9-4-2-5-10-22/h2,4-5,8-12,19,21,25H,3,6-7,13-18,20H2,1H3. The SMILES string of the molecule is CC(CN1CCC(N2CCCCC2)CC1)c1cccc(C(=O)c2ccccc2)c1. The summed E-state index contributed by atoms with van der Waals surface area (Å²) in [5.41, 5.74) is 2.83. The Kier molecular flexibility index (Phi) is 6.78. The summed E-state index contributed by atoms with van der Waals surface area (Å²) in [6.07, 6.45) is 6.79. The average Bonchev–Trinajstić information content (AvgIpc) is 2.80. The molecule has 2 aliphatic heterocycles. The summed E-state index contributed by atoms with van der Waals surface area (Å²) in [6.45, 7) is 8.40. The molecular formula is C26H34N2O. The fraction of sp³-hybridized carbons (Fsp3) is 0.500. The maximum Gasteiger partial charge on any atom is 0.193 e. The van der Waals surface area contributed by atoms with Crippen molar-refractivity contribution in [2.75, 3.05) is 32.7 Å². The van der Waals surface area contributed by atoms with E-state index < -0.39 is 0 Å². The molecule has 0 N–H and O–H groups in total. The zero-order chi connectivity index (χ0) is 20.1. The van der Waals surface area contributed by atoms with Gasteiger partial charge in [0.05, 0.1) is 0 Å². The van der Waals surface area contributed by atoms with E-state index in [1.807, 2.05) is 42.5 Å². The van der Waals surface area contributed by atoms with Crippen molar-refractivity contribution in [3.05, 3.63) is 71.3 Å². The van der Waals surface area contributed by atoms with E-state index in [1.54, 1.807) is 0 Å². The van der Waals surface area contributed by atoms with Crippen LogP contribution in [0.5, 0.6) is 0 Å². The summed E-state index contributed by atoms with van der Waals surface area (Å²) in [4.78, 5) is 18.1. The molecule has 0 radical (unpaired) electrons. The van der Waals surface area contributed by atoms with E-state index in [2.05, 4.69) is 28.9 Å². The number of piperidine rings is 2. The third-order valence-electron chi connectivity index (χ3n) is 6.75. The van der Waals surface area contributed by atoms with Crippen LogP contribution in [0, 0.1) is 0 Å². The largest absolute Gasteiger partial charge is 0.303 e. The minimum Gasteiger partial charge on any atom is -0.303 e. The van der Waals surface area contributed by atoms with Gasteiger partial charge in [-0.3, -0.25) is 4.79 Å².